The Balaban J connectivity index is 2.99. The third-order valence-electron chi connectivity index (χ3n) is 2.95. The minimum absolute atomic E-state index is 0.0188. The first-order valence-corrected chi connectivity index (χ1v) is 7.04. The van der Waals surface area contributed by atoms with E-state index >= 15 is 0 Å². The molecule has 0 spiro atoms. The summed E-state index contributed by atoms with van der Waals surface area (Å²) in [7, 11) is 0. The molecule has 2 atom stereocenters. The van der Waals surface area contributed by atoms with Gasteiger partial charge in [0.15, 0.2) is 0 Å². The second-order valence-corrected chi connectivity index (χ2v) is 5.40. The van der Waals surface area contributed by atoms with Crippen molar-refractivity contribution < 1.29 is 32.6 Å². The zero-order valence-corrected chi connectivity index (χ0v) is 12.3. The molecule has 21 heavy (non-hydrogen) atoms. The molecule has 1 aromatic rings. The molecule has 1 aromatic heterocycles. The number of esters is 1. The van der Waals surface area contributed by atoms with Crippen LogP contribution >= 0.6 is 11.3 Å². The molecule has 0 saturated heterocycles. The summed E-state index contributed by atoms with van der Waals surface area (Å²) in [6, 6.07) is 2.44. The maximum atomic E-state index is 13.1. The highest BCUT2D eigenvalue weighted by molar-refractivity contribution is 7.10. The van der Waals surface area contributed by atoms with Gasteiger partial charge in [0.05, 0.1) is 13.0 Å². The van der Waals surface area contributed by atoms with Crippen molar-refractivity contribution in [3.05, 3.63) is 22.4 Å². The number of ketones is 1. The molecular weight excluding hydrogens is 309 g/mol. The third-order valence-corrected chi connectivity index (χ3v) is 3.97. The lowest BCUT2D eigenvalue weighted by molar-refractivity contribution is -0.266. The number of rotatable bonds is 6. The summed E-state index contributed by atoms with van der Waals surface area (Å²) in [4.78, 5) is 22.9. The minimum atomic E-state index is -5.03. The molecule has 8 heteroatoms. The summed E-state index contributed by atoms with van der Waals surface area (Å²) in [5, 5.41) is 11.3. The van der Waals surface area contributed by atoms with Crippen LogP contribution in [0.2, 0.25) is 0 Å². The van der Waals surface area contributed by atoms with Crippen LogP contribution in [0.5, 0.6) is 0 Å². The molecule has 1 N–H and O–H groups in total. The molecule has 4 nitrogen and oxygen atoms in total. The van der Waals surface area contributed by atoms with Crippen molar-refractivity contribution in [1.82, 2.24) is 0 Å². The largest absolute Gasteiger partial charge is 0.465 e. The molecular formula is C13H15F3O4S. The van der Waals surface area contributed by atoms with Gasteiger partial charge in [-0.25, -0.2) is 0 Å². The summed E-state index contributed by atoms with van der Waals surface area (Å²) < 4.78 is 44.0. The van der Waals surface area contributed by atoms with E-state index in [0.29, 0.717) is 11.3 Å². The van der Waals surface area contributed by atoms with Crippen LogP contribution in [0.3, 0.4) is 0 Å². The van der Waals surface area contributed by atoms with Gasteiger partial charge in [-0.1, -0.05) is 6.07 Å². The fourth-order valence-electron chi connectivity index (χ4n) is 1.64. The maximum Gasteiger partial charge on any atom is 0.422 e. The Bertz CT molecular complexity index is 498. The summed E-state index contributed by atoms with van der Waals surface area (Å²) in [6.45, 7) is 2.70. The van der Waals surface area contributed by atoms with Crippen molar-refractivity contribution in [2.45, 2.75) is 32.0 Å². The molecule has 0 aliphatic carbocycles. The third kappa shape index (κ3) is 3.82. The molecule has 1 heterocycles. The van der Waals surface area contributed by atoms with E-state index in [0.717, 1.165) is 13.0 Å². The second kappa shape index (κ2) is 6.57. The number of carbonyl (C=O) groups is 2. The van der Waals surface area contributed by atoms with Crippen molar-refractivity contribution in [1.29, 1.82) is 0 Å². The standard InChI is InChI=1S/C13H15F3O4S/c1-3-20-11(18)8(2)9(17)7-12(19,13(14,15)16)10-5-4-6-21-10/h4-6,8,19H,3,7H2,1-2H3/t8-,12?/m1/s1. The van der Waals surface area contributed by atoms with E-state index in [2.05, 4.69) is 4.74 Å². The van der Waals surface area contributed by atoms with Gasteiger partial charge in [-0.05, 0) is 25.3 Å². The molecule has 118 valence electrons. The molecule has 1 rings (SSSR count). The quantitative estimate of drug-likeness (QED) is 0.645. The molecule has 0 aliphatic heterocycles. The normalized spacial score (nSPS) is 16.1. The summed E-state index contributed by atoms with van der Waals surface area (Å²) >= 11 is 0.691. The molecule has 0 amide bonds. The highest BCUT2D eigenvalue weighted by Crippen LogP contribution is 2.44. The number of Topliss-reactive ketones (excluding diaryl/α,β-unsaturated/α-hetero) is 1. The number of ether oxygens (including phenoxy) is 1. The lowest BCUT2D eigenvalue weighted by Gasteiger charge is -2.29. The van der Waals surface area contributed by atoms with Crippen molar-refractivity contribution >= 4 is 23.1 Å². The van der Waals surface area contributed by atoms with Gasteiger partial charge in [0.25, 0.3) is 0 Å². The van der Waals surface area contributed by atoms with E-state index in [1.165, 1.54) is 18.4 Å². The smallest absolute Gasteiger partial charge is 0.422 e. The summed E-state index contributed by atoms with van der Waals surface area (Å²) in [5.41, 5.74) is -3.29. The van der Waals surface area contributed by atoms with E-state index in [1.807, 2.05) is 0 Å². The molecule has 1 unspecified atom stereocenters. The molecule has 0 fully saturated rings. The lowest BCUT2D eigenvalue weighted by Crippen LogP contribution is -2.45. The maximum absolute atomic E-state index is 13.1. The monoisotopic (exact) mass is 324 g/mol. The number of hydrogen-bond donors (Lipinski definition) is 1. The van der Waals surface area contributed by atoms with Gasteiger partial charge in [-0.3, -0.25) is 9.59 Å². The van der Waals surface area contributed by atoms with E-state index < -0.39 is 35.9 Å². The predicted octanol–water partition coefficient (Wildman–Crippen LogP) is 2.66. The Hall–Kier alpha value is -1.41. The lowest BCUT2D eigenvalue weighted by atomic mass is 9.89. The van der Waals surface area contributed by atoms with E-state index in [-0.39, 0.29) is 11.5 Å². The summed E-state index contributed by atoms with van der Waals surface area (Å²) in [5.74, 6) is -3.29. The number of hydrogen-bond acceptors (Lipinski definition) is 5. The topological polar surface area (TPSA) is 63.6 Å². The van der Waals surface area contributed by atoms with Gasteiger partial charge in [-0.15, -0.1) is 11.3 Å². The fraction of sp³-hybridized carbons (Fsp3) is 0.538. The first-order chi connectivity index (χ1) is 9.63. The number of halogens is 3. The summed E-state index contributed by atoms with van der Waals surface area (Å²) in [6.07, 6.45) is -6.25. The van der Waals surface area contributed by atoms with Gasteiger partial charge in [0.2, 0.25) is 5.60 Å². The van der Waals surface area contributed by atoms with Crippen molar-refractivity contribution in [3.63, 3.8) is 0 Å². The Labute approximate surface area is 123 Å². The molecule has 0 aromatic carbocycles. The van der Waals surface area contributed by atoms with Crippen molar-refractivity contribution in [3.8, 4) is 0 Å². The van der Waals surface area contributed by atoms with Gasteiger partial charge in [0.1, 0.15) is 11.7 Å². The van der Waals surface area contributed by atoms with Crippen molar-refractivity contribution in [2.24, 2.45) is 5.92 Å². The van der Waals surface area contributed by atoms with Crippen LogP contribution in [0.25, 0.3) is 0 Å². The fourth-order valence-corrected chi connectivity index (χ4v) is 2.49. The van der Waals surface area contributed by atoms with E-state index in [1.54, 1.807) is 0 Å². The Morgan fingerprint density at radius 3 is 2.48 bits per heavy atom. The first kappa shape index (κ1) is 17.6. The minimum Gasteiger partial charge on any atom is -0.465 e. The molecule has 0 saturated carbocycles. The zero-order chi connectivity index (χ0) is 16.3. The number of alkyl halides is 3. The zero-order valence-electron chi connectivity index (χ0n) is 11.4. The van der Waals surface area contributed by atoms with Crippen LogP contribution in [0.4, 0.5) is 13.2 Å². The van der Waals surface area contributed by atoms with Crippen LogP contribution < -0.4 is 0 Å². The van der Waals surface area contributed by atoms with Gasteiger partial charge in [-0.2, -0.15) is 13.2 Å². The molecule has 0 bridgehead atoms. The predicted molar refractivity (Wildman–Crippen MR) is 69.7 cm³/mol. The number of aliphatic hydroxyl groups is 1. The number of thiophene rings is 1. The highest BCUT2D eigenvalue weighted by Gasteiger charge is 2.57. The molecule has 0 radical (unpaired) electrons. The van der Waals surface area contributed by atoms with Crippen molar-refractivity contribution in [2.75, 3.05) is 6.61 Å². The van der Waals surface area contributed by atoms with Gasteiger partial charge < -0.3 is 9.84 Å². The van der Waals surface area contributed by atoms with Crippen LogP contribution in [0.1, 0.15) is 25.1 Å². The Kier molecular flexibility index (Phi) is 5.52. The number of carbonyl (C=O) groups excluding carboxylic acids is 2. The van der Waals surface area contributed by atoms with E-state index in [4.69, 9.17) is 0 Å². The van der Waals surface area contributed by atoms with Crippen LogP contribution in [-0.4, -0.2) is 29.6 Å². The Morgan fingerprint density at radius 2 is 2.05 bits per heavy atom. The van der Waals surface area contributed by atoms with Gasteiger partial charge in [0, 0.05) is 4.88 Å². The van der Waals surface area contributed by atoms with E-state index in [9.17, 15) is 27.9 Å². The average molecular weight is 324 g/mol. The Morgan fingerprint density at radius 1 is 1.43 bits per heavy atom. The van der Waals surface area contributed by atoms with Crippen LogP contribution in [0, 0.1) is 5.92 Å². The average Bonchev–Trinajstić information content (AvgIpc) is 2.90. The van der Waals surface area contributed by atoms with Gasteiger partial charge >= 0.3 is 12.1 Å². The molecule has 0 aliphatic rings. The van der Waals surface area contributed by atoms with Crippen LogP contribution in [-0.2, 0) is 19.9 Å². The first-order valence-electron chi connectivity index (χ1n) is 6.16. The SMILES string of the molecule is CCOC(=O)[C@H](C)C(=O)CC(O)(c1cccs1)C(F)(F)F. The highest BCUT2D eigenvalue weighted by atomic mass is 32.1. The van der Waals surface area contributed by atoms with Crippen LogP contribution in [0.15, 0.2) is 17.5 Å². The second-order valence-electron chi connectivity index (χ2n) is 4.45.